The number of ether oxygens (including phenoxy) is 2. The van der Waals surface area contributed by atoms with Gasteiger partial charge >= 0.3 is 0 Å². The van der Waals surface area contributed by atoms with Crippen LogP contribution in [0, 0.1) is 5.41 Å². The molecule has 1 unspecified atom stereocenters. The standard InChI is InChI=1S/C16H24N2O2/c1-11-9-17-12-7-14-15(20-6-5-19-14)8-13(12)18(11)10-16(2,3)4/h7-8,11,17H,5-6,9-10H2,1-4H3. The Morgan fingerprint density at radius 1 is 1.20 bits per heavy atom. The second-order valence-corrected chi connectivity index (χ2v) is 6.93. The van der Waals surface area contributed by atoms with E-state index in [9.17, 15) is 0 Å². The lowest BCUT2D eigenvalue weighted by atomic mass is 9.94. The van der Waals surface area contributed by atoms with Crippen LogP contribution in [0.4, 0.5) is 11.4 Å². The van der Waals surface area contributed by atoms with Gasteiger partial charge in [-0.15, -0.1) is 0 Å². The molecule has 2 aliphatic rings. The summed E-state index contributed by atoms with van der Waals surface area (Å²) < 4.78 is 11.4. The molecule has 1 N–H and O–H groups in total. The molecule has 0 saturated carbocycles. The van der Waals surface area contributed by atoms with Gasteiger partial charge in [0.2, 0.25) is 0 Å². The zero-order chi connectivity index (χ0) is 14.3. The van der Waals surface area contributed by atoms with Crippen molar-refractivity contribution in [2.45, 2.75) is 33.7 Å². The van der Waals surface area contributed by atoms with Gasteiger partial charge in [-0.25, -0.2) is 0 Å². The van der Waals surface area contributed by atoms with Gasteiger partial charge in [0.15, 0.2) is 11.5 Å². The Bertz CT molecular complexity index is 508. The van der Waals surface area contributed by atoms with Crippen LogP contribution in [-0.4, -0.2) is 32.3 Å². The third-order valence-electron chi connectivity index (χ3n) is 3.73. The van der Waals surface area contributed by atoms with Crippen molar-refractivity contribution < 1.29 is 9.47 Å². The first-order valence-electron chi connectivity index (χ1n) is 7.38. The summed E-state index contributed by atoms with van der Waals surface area (Å²) in [5, 5.41) is 3.50. The molecule has 20 heavy (non-hydrogen) atoms. The third kappa shape index (κ3) is 2.51. The molecule has 1 aromatic rings. The SMILES string of the molecule is CC1CNc2cc3c(cc2N1CC(C)(C)C)OCCO3. The van der Waals surface area contributed by atoms with E-state index in [0.717, 1.165) is 30.3 Å². The summed E-state index contributed by atoms with van der Waals surface area (Å²) in [5.41, 5.74) is 2.63. The van der Waals surface area contributed by atoms with E-state index in [-0.39, 0.29) is 5.41 Å². The first-order valence-corrected chi connectivity index (χ1v) is 7.38. The molecule has 4 nitrogen and oxygen atoms in total. The fourth-order valence-electron chi connectivity index (χ4n) is 2.81. The maximum absolute atomic E-state index is 5.72. The number of nitrogens with one attached hydrogen (secondary N) is 1. The van der Waals surface area contributed by atoms with E-state index in [1.54, 1.807) is 0 Å². The molecule has 0 fully saturated rings. The van der Waals surface area contributed by atoms with Gasteiger partial charge in [0.05, 0.1) is 11.4 Å². The predicted octanol–water partition coefficient (Wildman–Crippen LogP) is 3.12. The number of nitrogens with zero attached hydrogens (tertiary/aromatic N) is 1. The lowest BCUT2D eigenvalue weighted by Gasteiger charge is -2.41. The van der Waals surface area contributed by atoms with Gasteiger partial charge in [-0.1, -0.05) is 20.8 Å². The largest absolute Gasteiger partial charge is 0.486 e. The second kappa shape index (κ2) is 4.76. The van der Waals surface area contributed by atoms with Crippen LogP contribution >= 0.6 is 0 Å². The zero-order valence-electron chi connectivity index (χ0n) is 12.8. The quantitative estimate of drug-likeness (QED) is 0.854. The van der Waals surface area contributed by atoms with E-state index in [1.165, 1.54) is 5.69 Å². The number of benzene rings is 1. The highest BCUT2D eigenvalue weighted by atomic mass is 16.6. The minimum absolute atomic E-state index is 0.260. The van der Waals surface area contributed by atoms with Crippen molar-refractivity contribution in [3.63, 3.8) is 0 Å². The van der Waals surface area contributed by atoms with E-state index < -0.39 is 0 Å². The van der Waals surface area contributed by atoms with Crippen LogP contribution in [0.15, 0.2) is 12.1 Å². The van der Waals surface area contributed by atoms with Crippen LogP contribution in [0.5, 0.6) is 11.5 Å². The van der Waals surface area contributed by atoms with Crippen LogP contribution in [-0.2, 0) is 0 Å². The minimum atomic E-state index is 0.260. The van der Waals surface area contributed by atoms with Crippen LogP contribution < -0.4 is 19.7 Å². The zero-order valence-corrected chi connectivity index (χ0v) is 12.8. The molecule has 0 radical (unpaired) electrons. The first-order chi connectivity index (χ1) is 9.44. The summed E-state index contributed by atoms with van der Waals surface area (Å²) in [6, 6.07) is 4.67. The Balaban J connectivity index is 1.99. The molecule has 0 spiro atoms. The molecule has 1 atom stereocenters. The van der Waals surface area contributed by atoms with Crippen LogP contribution in [0.2, 0.25) is 0 Å². The molecule has 0 amide bonds. The number of anilines is 2. The van der Waals surface area contributed by atoms with Gasteiger partial charge in [0.25, 0.3) is 0 Å². The number of hydrogen-bond donors (Lipinski definition) is 1. The molecule has 0 bridgehead atoms. The molecular weight excluding hydrogens is 252 g/mol. The highest BCUT2D eigenvalue weighted by Gasteiger charge is 2.29. The summed E-state index contributed by atoms with van der Waals surface area (Å²) >= 11 is 0. The topological polar surface area (TPSA) is 33.7 Å². The van der Waals surface area contributed by atoms with Crippen LogP contribution in [0.3, 0.4) is 0 Å². The molecule has 2 heterocycles. The Labute approximate surface area is 121 Å². The fourth-order valence-corrected chi connectivity index (χ4v) is 2.81. The Kier molecular flexibility index (Phi) is 3.19. The van der Waals surface area contributed by atoms with Gasteiger partial charge in [0, 0.05) is 31.3 Å². The normalized spacial score (nSPS) is 21.2. The number of rotatable bonds is 1. The third-order valence-corrected chi connectivity index (χ3v) is 3.73. The van der Waals surface area contributed by atoms with Crippen molar-refractivity contribution in [2.75, 3.05) is 36.5 Å². The molecule has 0 aromatic heterocycles. The van der Waals surface area contributed by atoms with Crippen molar-refractivity contribution in [1.29, 1.82) is 0 Å². The highest BCUT2D eigenvalue weighted by Crippen LogP contribution is 2.43. The maximum Gasteiger partial charge on any atom is 0.163 e. The average molecular weight is 276 g/mol. The minimum Gasteiger partial charge on any atom is -0.486 e. The fraction of sp³-hybridized carbons (Fsp3) is 0.625. The lowest BCUT2D eigenvalue weighted by molar-refractivity contribution is 0.171. The van der Waals surface area contributed by atoms with Crippen LogP contribution in [0.1, 0.15) is 27.7 Å². The summed E-state index contributed by atoms with van der Waals surface area (Å²) in [7, 11) is 0. The molecule has 2 aliphatic heterocycles. The highest BCUT2D eigenvalue weighted by molar-refractivity contribution is 5.77. The molecule has 0 saturated heterocycles. The smallest absolute Gasteiger partial charge is 0.163 e. The van der Waals surface area contributed by atoms with Gasteiger partial charge in [-0.05, 0) is 12.3 Å². The van der Waals surface area contributed by atoms with Gasteiger partial charge in [0.1, 0.15) is 13.2 Å². The molecule has 4 heteroatoms. The summed E-state index contributed by atoms with van der Waals surface area (Å²) in [4.78, 5) is 2.48. The van der Waals surface area contributed by atoms with Gasteiger partial charge in [-0.2, -0.15) is 0 Å². The van der Waals surface area contributed by atoms with E-state index in [2.05, 4.69) is 50.0 Å². The van der Waals surface area contributed by atoms with Crippen molar-refractivity contribution in [3.05, 3.63) is 12.1 Å². The van der Waals surface area contributed by atoms with Crippen molar-refractivity contribution in [2.24, 2.45) is 5.41 Å². The molecule has 110 valence electrons. The Morgan fingerprint density at radius 2 is 1.85 bits per heavy atom. The average Bonchev–Trinajstić information content (AvgIpc) is 2.39. The predicted molar refractivity (Wildman–Crippen MR) is 82.2 cm³/mol. The summed E-state index contributed by atoms with van der Waals surface area (Å²) in [6.07, 6.45) is 0. The first kappa shape index (κ1) is 13.4. The molecule has 1 aromatic carbocycles. The Hall–Kier alpha value is -1.58. The van der Waals surface area contributed by atoms with Crippen molar-refractivity contribution in [1.82, 2.24) is 0 Å². The summed E-state index contributed by atoms with van der Waals surface area (Å²) in [6.45, 7) is 12.4. The number of fused-ring (bicyclic) bond motifs is 2. The van der Waals surface area contributed by atoms with Gasteiger partial charge in [-0.3, -0.25) is 0 Å². The van der Waals surface area contributed by atoms with E-state index in [0.29, 0.717) is 19.3 Å². The summed E-state index contributed by atoms with van der Waals surface area (Å²) in [5.74, 6) is 1.72. The number of hydrogen-bond acceptors (Lipinski definition) is 4. The van der Waals surface area contributed by atoms with Crippen LogP contribution in [0.25, 0.3) is 0 Å². The van der Waals surface area contributed by atoms with E-state index in [4.69, 9.17) is 9.47 Å². The monoisotopic (exact) mass is 276 g/mol. The maximum atomic E-state index is 5.72. The van der Waals surface area contributed by atoms with Crippen molar-refractivity contribution in [3.8, 4) is 11.5 Å². The van der Waals surface area contributed by atoms with Gasteiger partial charge < -0.3 is 19.7 Å². The van der Waals surface area contributed by atoms with Crippen molar-refractivity contribution >= 4 is 11.4 Å². The van der Waals surface area contributed by atoms with E-state index >= 15 is 0 Å². The molecular formula is C16H24N2O2. The van der Waals surface area contributed by atoms with E-state index in [1.807, 2.05) is 0 Å². The molecule has 3 rings (SSSR count). The molecule has 0 aliphatic carbocycles. The second-order valence-electron chi connectivity index (χ2n) is 6.93. The Morgan fingerprint density at radius 3 is 2.50 bits per heavy atom. The lowest BCUT2D eigenvalue weighted by Crippen LogP contribution is -2.46.